The fraction of sp³-hybridized carbons (Fsp3) is 0.581. The molecule has 3 aliphatic carbocycles. The molecular formula is C31H48BF3N2O11. The Morgan fingerprint density at radius 3 is 1.71 bits per heavy atom. The predicted octanol–water partition coefficient (Wildman–Crippen LogP) is 2.13. The highest BCUT2D eigenvalue weighted by Gasteiger charge is 2.69. The van der Waals surface area contributed by atoms with Crippen molar-refractivity contribution in [1.82, 2.24) is 0 Å². The number of carbonyl (C=O) groups is 3. The fourth-order valence-corrected chi connectivity index (χ4v) is 5.52. The SMILES string of the molecule is CC(C)CC(N)C(=O)O.CC1(O)CCC2CC1(O)C2(C)C.NC(Cc1cccc2ccccc12)C(=O)O.O=C(O)C(F)(F)F.OB(O)O. The lowest BCUT2D eigenvalue weighted by Gasteiger charge is -2.68. The maximum absolute atomic E-state index is 10.7. The Balaban J connectivity index is 0.000000617. The van der Waals surface area contributed by atoms with Gasteiger partial charge < -0.3 is 52.1 Å². The summed E-state index contributed by atoms with van der Waals surface area (Å²) in [5, 5.41) is 68.2. The molecule has 0 aromatic heterocycles. The van der Waals surface area contributed by atoms with Crippen LogP contribution in [0.4, 0.5) is 13.2 Å². The van der Waals surface area contributed by atoms with E-state index in [1.807, 2.05) is 56.3 Å². The van der Waals surface area contributed by atoms with Crippen molar-refractivity contribution in [3.8, 4) is 0 Å². The molecule has 13 nitrogen and oxygen atoms in total. The maximum Gasteiger partial charge on any atom is 0.631 e. The largest absolute Gasteiger partial charge is 0.631 e. The number of hydrogen-bond donors (Lipinski definition) is 10. The van der Waals surface area contributed by atoms with Crippen LogP contribution in [0.25, 0.3) is 10.8 Å². The van der Waals surface area contributed by atoms with Crippen molar-refractivity contribution in [3.63, 3.8) is 0 Å². The molecule has 5 unspecified atom stereocenters. The first-order chi connectivity index (χ1) is 21.7. The van der Waals surface area contributed by atoms with Crippen LogP contribution in [0.2, 0.25) is 0 Å². The second kappa shape index (κ2) is 18.4. The molecule has 5 atom stereocenters. The highest BCUT2D eigenvalue weighted by molar-refractivity contribution is 6.30. The zero-order chi connectivity index (χ0) is 37.8. The second-order valence-corrected chi connectivity index (χ2v) is 12.8. The Morgan fingerprint density at radius 2 is 1.35 bits per heavy atom. The molecule has 5 rings (SSSR count). The number of benzene rings is 2. The third-order valence-corrected chi connectivity index (χ3v) is 8.42. The summed E-state index contributed by atoms with van der Waals surface area (Å²) in [5.41, 5.74) is 9.95. The van der Waals surface area contributed by atoms with E-state index >= 15 is 0 Å². The smallest absolute Gasteiger partial charge is 0.480 e. The van der Waals surface area contributed by atoms with E-state index in [0.29, 0.717) is 24.7 Å². The molecule has 272 valence electrons. The van der Waals surface area contributed by atoms with Gasteiger partial charge in [0.1, 0.15) is 12.1 Å². The van der Waals surface area contributed by atoms with Crippen molar-refractivity contribution in [2.45, 2.75) is 96.2 Å². The molecule has 3 aliphatic rings. The topological polar surface area (TPSA) is 265 Å². The minimum atomic E-state index is -5.08. The highest BCUT2D eigenvalue weighted by atomic mass is 19.4. The van der Waals surface area contributed by atoms with Crippen molar-refractivity contribution >= 4 is 36.0 Å². The van der Waals surface area contributed by atoms with Crippen LogP contribution in [-0.4, -0.2) is 95.3 Å². The van der Waals surface area contributed by atoms with Gasteiger partial charge in [0.25, 0.3) is 0 Å². The summed E-state index contributed by atoms with van der Waals surface area (Å²) in [4.78, 5) is 29.7. The van der Waals surface area contributed by atoms with E-state index in [1.54, 1.807) is 6.92 Å². The van der Waals surface area contributed by atoms with Gasteiger partial charge in [-0.2, -0.15) is 13.2 Å². The first-order valence-corrected chi connectivity index (χ1v) is 14.9. The molecule has 0 saturated heterocycles. The lowest BCUT2D eigenvalue weighted by Crippen LogP contribution is -2.74. The Hall–Kier alpha value is -3.32. The zero-order valence-corrected chi connectivity index (χ0v) is 27.6. The Morgan fingerprint density at radius 1 is 0.896 bits per heavy atom. The molecule has 0 heterocycles. The molecule has 0 spiro atoms. The number of carboxylic acids is 3. The number of hydrogen-bond acceptors (Lipinski definition) is 10. The number of rotatable bonds is 6. The van der Waals surface area contributed by atoms with Gasteiger partial charge in [0.05, 0.1) is 11.2 Å². The van der Waals surface area contributed by atoms with E-state index in [-0.39, 0.29) is 5.41 Å². The van der Waals surface area contributed by atoms with E-state index in [4.69, 9.17) is 46.7 Å². The van der Waals surface area contributed by atoms with Crippen LogP contribution >= 0.6 is 0 Å². The van der Waals surface area contributed by atoms with E-state index < -0.39 is 54.7 Å². The van der Waals surface area contributed by atoms with E-state index in [0.717, 1.165) is 35.6 Å². The summed E-state index contributed by atoms with van der Waals surface area (Å²) < 4.78 is 31.7. The minimum Gasteiger partial charge on any atom is -0.480 e. The summed E-state index contributed by atoms with van der Waals surface area (Å²) in [6, 6.07) is 12.2. The van der Waals surface area contributed by atoms with Crippen molar-refractivity contribution in [2.24, 2.45) is 28.7 Å². The van der Waals surface area contributed by atoms with Crippen LogP contribution in [0, 0.1) is 17.3 Å². The molecule has 0 aliphatic heterocycles. The molecule has 2 aromatic rings. The molecule has 0 radical (unpaired) electrons. The van der Waals surface area contributed by atoms with E-state index in [2.05, 4.69) is 13.8 Å². The summed E-state index contributed by atoms with van der Waals surface area (Å²) in [5.74, 6) is -3.66. The molecule has 17 heteroatoms. The van der Waals surface area contributed by atoms with Gasteiger partial charge >= 0.3 is 31.4 Å². The third kappa shape index (κ3) is 13.3. The predicted molar refractivity (Wildman–Crippen MR) is 171 cm³/mol. The van der Waals surface area contributed by atoms with Gasteiger partial charge in [0, 0.05) is 0 Å². The van der Waals surface area contributed by atoms with Crippen LogP contribution in [0.3, 0.4) is 0 Å². The van der Waals surface area contributed by atoms with E-state index in [9.17, 15) is 33.0 Å². The highest BCUT2D eigenvalue weighted by Crippen LogP contribution is 2.65. The van der Waals surface area contributed by atoms with Crippen LogP contribution in [0.5, 0.6) is 0 Å². The van der Waals surface area contributed by atoms with Gasteiger partial charge in [0.15, 0.2) is 0 Å². The van der Waals surface area contributed by atoms with Crippen molar-refractivity contribution in [3.05, 3.63) is 48.0 Å². The lowest BCUT2D eigenvalue weighted by molar-refractivity contribution is -0.312. The fourth-order valence-electron chi connectivity index (χ4n) is 5.52. The second-order valence-electron chi connectivity index (χ2n) is 12.8. The van der Waals surface area contributed by atoms with Crippen LogP contribution < -0.4 is 11.5 Å². The number of fused-ring (bicyclic) bond motifs is 3. The molecule has 3 fully saturated rings. The summed E-state index contributed by atoms with van der Waals surface area (Å²) in [7, 11) is -2.17. The molecular weight excluding hydrogens is 644 g/mol. The Kier molecular flexibility index (Phi) is 17.2. The van der Waals surface area contributed by atoms with Gasteiger partial charge in [-0.25, -0.2) is 4.79 Å². The number of aliphatic carboxylic acids is 3. The zero-order valence-electron chi connectivity index (χ0n) is 27.6. The van der Waals surface area contributed by atoms with Gasteiger partial charge in [-0.3, -0.25) is 9.59 Å². The van der Waals surface area contributed by atoms with E-state index in [1.165, 1.54) is 0 Å². The first kappa shape index (κ1) is 44.7. The summed E-state index contributed by atoms with van der Waals surface area (Å²) in [6.07, 6.45) is -1.58. The molecule has 3 saturated carbocycles. The number of halogens is 3. The first-order valence-electron chi connectivity index (χ1n) is 14.9. The standard InChI is InChI=1S/C13H13NO2.C10H18O2.C6H13NO2.C2HF3O2.BH3O3/c14-12(13(15)16)8-10-6-3-5-9-4-1-2-7-11(9)10;1-8(2)7-4-5-9(3,11)10(8,12)6-7;1-4(2)3-5(7)6(8)9;3-2(4,5)1(6)7;2-1(3)4/h1-7,12H,8,14H2,(H,15,16);7,11-12H,4-6H2,1-3H3;4-5H,3,7H2,1-2H3,(H,8,9);(H,6,7);2-4H. The third-order valence-electron chi connectivity index (χ3n) is 8.42. The van der Waals surface area contributed by atoms with Crippen molar-refractivity contribution < 1.29 is 68.2 Å². The Bertz CT molecular complexity index is 1320. The number of nitrogens with two attached hydrogens (primary N) is 2. The lowest BCUT2D eigenvalue weighted by atomic mass is 9.41. The summed E-state index contributed by atoms with van der Waals surface area (Å²) in [6.45, 7) is 9.79. The quantitative estimate of drug-likeness (QED) is 0.195. The average Bonchev–Trinajstić information content (AvgIpc) is 2.94. The van der Waals surface area contributed by atoms with Gasteiger partial charge in [-0.15, -0.1) is 0 Å². The molecule has 48 heavy (non-hydrogen) atoms. The van der Waals surface area contributed by atoms with Gasteiger partial charge in [-0.05, 0) is 72.6 Å². The van der Waals surface area contributed by atoms with Crippen molar-refractivity contribution in [2.75, 3.05) is 0 Å². The Labute approximate surface area is 277 Å². The summed E-state index contributed by atoms with van der Waals surface area (Å²) >= 11 is 0. The molecule has 0 amide bonds. The molecule has 12 N–H and O–H groups in total. The van der Waals surface area contributed by atoms with Crippen LogP contribution in [0.1, 0.15) is 65.9 Å². The van der Waals surface area contributed by atoms with Gasteiger partial charge in [0.2, 0.25) is 0 Å². The van der Waals surface area contributed by atoms with Crippen LogP contribution in [0.15, 0.2) is 42.5 Å². The monoisotopic (exact) mass is 692 g/mol. The number of alkyl halides is 3. The number of carboxylic acid groups (broad SMARTS) is 3. The maximum atomic E-state index is 10.7. The molecule has 2 aromatic carbocycles. The molecule has 2 bridgehead atoms. The van der Waals surface area contributed by atoms with Crippen LogP contribution in [-0.2, 0) is 20.8 Å². The average molecular weight is 693 g/mol. The minimum absolute atomic E-state index is 0.0885. The van der Waals surface area contributed by atoms with Gasteiger partial charge in [-0.1, -0.05) is 70.2 Å². The number of aliphatic hydroxyl groups is 2. The normalized spacial score (nSPS) is 23.0. The van der Waals surface area contributed by atoms with Crippen molar-refractivity contribution in [1.29, 1.82) is 0 Å².